The Morgan fingerprint density at radius 2 is 1.85 bits per heavy atom. The van der Waals surface area contributed by atoms with Crippen LogP contribution in [0.2, 0.25) is 0 Å². The van der Waals surface area contributed by atoms with Gasteiger partial charge in [-0.3, -0.25) is 4.79 Å². The van der Waals surface area contributed by atoms with E-state index in [-0.39, 0.29) is 5.78 Å². The Morgan fingerprint density at radius 3 is 2.38 bits per heavy atom. The van der Waals surface area contributed by atoms with Crippen LogP contribution in [-0.2, 0) is 4.79 Å². The molecule has 3 nitrogen and oxygen atoms in total. The Bertz CT molecular complexity index is 174. The lowest BCUT2D eigenvalue weighted by molar-refractivity contribution is -0.125. The first-order valence-electron chi connectivity index (χ1n) is 5.21. The maximum absolute atomic E-state index is 11.7. The summed E-state index contributed by atoms with van der Waals surface area (Å²) in [6, 6.07) is 0. The van der Waals surface area contributed by atoms with E-state index in [1.807, 2.05) is 0 Å². The van der Waals surface area contributed by atoms with E-state index in [0.29, 0.717) is 13.0 Å². The lowest BCUT2D eigenvalue weighted by Gasteiger charge is -2.31. The van der Waals surface area contributed by atoms with Crippen molar-refractivity contribution in [2.45, 2.75) is 50.5 Å². The monoisotopic (exact) mass is 184 g/mol. The summed E-state index contributed by atoms with van der Waals surface area (Å²) in [7, 11) is 0. The molecule has 3 heteroatoms. The number of hydrogen-bond donors (Lipinski definition) is 2. The Morgan fingerprint density at radius 1 is 1.23 bits per heavy atom. The minimum Gasteiger partial charge on any atom is -0.330 e. The first kappa shape index (κ1) is 10.7. The fraction of sp³-hybridized carbons (Fsp3) is 0.900. The molecule has 1 aliphatic carbocycles. The molecule has 0 spiro atoms. The minimum absolute atomic E-state index is 0.220. The molecule has 0 amide bonds. The highest BCUT2D eigenvalue weighted by Crippen LogP contribution is 2.27. The van der Waals surface area contributed by atoms with E-state index >= 15 is 0 Å². The summed E-state index contributed by atoms with van der Waals surface area (Å²) in [6.45, 7) is 0.585. The Balaban J connectivity index is 2.42. The second-order valence-corrected chi connectivity index (χ2v) is 4.03. The van der Waals surface area contributed by atoms with Crippen LogP contribution in [0.5, 0.6) is 0 Å². The zero-order chi connectivity index (χ0) is 9.73. The highest BCUT2D eigenvalue weighted by Gasteiger charge is 2.33. The summed E-state index contributed by atoms with van der Waals surface area (Å²) in [4.78, 5) is 11.7. The molecule has 1 saturated carbocycles. The van der Waals surface area contributed by atoms with Crippen molar-refractivity contribution < 1.29 is 4.79 Å². The van der Waals surface area contributed by atoms with Gasteiger partial charge in [0, 0.05) is 6.42 Å². The van der Waals surface area contributed by atoms with Crippen LogP contribution in [0.3, 0.4) is 0 Å². The van der Waals surface area contributed by atoms with Crippen LogP contribution in [0.15, 0.2) is 0 Å². The van der Waals surface area contributed by atoms with Crippen molar-refractivity contribution in [3.8, 4) is 0 Å². The Labute approximate surface area is 79.9 Å². The smallest absolute Gasteiger partial charge is 0.152 e. The van der Waals surface area contributed by atoms with E-state index in [9.17, 15) is 4.79 Å². The lowest BCUT2D eigenvalue weighted by atomic mass is 9.78. The van der Waals surface area contributed by atoms with Gasteiger partial charge in [0.05, 0.1) is 5.54 Å². The second kappa shape index (κ2) is 4.72. The molecule has 0 aromatic heterocycles. The van der Waals surface area contributed by atoms with Crippen LogP contribution in [0, 0.1) is 0 Å². The number of hydrogen-bond acceptors (Lipinski definition) is 3. The van der Waals surface area contributed by atoms with Gasteiger partial charge in [0.1, 0.15) is 0 Å². The second-order valence-electron chi connectivity index (χ2n) is 4.03. The van der Waals surface area contributed by atoms with Gasteiger partial charge in [0.2, 0.25) is 0 Å². The quantitative estimate of drug-likeness (QED) is 0.683. The van der Waals surface area contributed by atoms with Crippen LogP contribution in [0.1, 0.15) is 44.9 Å². The fourth-order valence-corrected chi connectivity index (χ4v) is 1.97. The average molecular weight is 184 g/mol. The van der Waals surface area contributed by atoms with E-state index < -0.39 is 5.54 Å². The van der Waals surface area contributed by atoms with Gasteiger partial charge in [-0.25, -0.2) is 0 Å². The predicted molar refractivity (Wildman–Crippen MR) is 53.3 cm³/mol. The molecule has 0 aromatic carbocycles. The lowest BCUT2D eigenvalue weighted by Crippen LogP contribution is -2.49. The predicted octanol–water partition coefficient (Wildman–Crippen LogP) is 0.956. The molecule has 0 aromatic rings. The fourth-order valence-electron chi connectivity index (χ4n) is 1.97. The van der Waals surface area contributed by atoms with Gasteiger partial charge >= 0.3 is 0 Å². The Hall–Kier alpha value is -0.410. The molecule has 0 bridgehead atoms. The van der Waals surface area contributed by atoms with Crippen molar-refractivity contribution in [1.82, 2.24) is 0 Å². The first-order chi connectivity index (χ1) is 6.19. The first-order valence-corrected chi connectivity index (χ1v) is 5.21. The number of ketones is 1. The molecular weight excluding hydrogens is 164 g/mol. The van der Waals surface area contributed by atoms with Crippen molar-refractivity contribution in [1.29, 1.82) is 0 Å². The van der Waals surface area contributed by atoms with Gasteiger partial charge in [-0.1, -0.05) is 19.3 Å². The summed E-state index contributed by atoms with van der Waals surface area (Å²) in [5.74, 6) is 0.220. The van der Waals surface area contributed by atoms with E-state index in [2.05, 4.69) is 0 Å². The molecular formula is C10H20N2O. The molecule has 76 valence electrons. The molecule has 1 fully saturated rings. The summed E-state index contributed by atoms with van der Waals surface area (Å²) < 4.78 is 0. The molecule has 4 N–H and O–H groups in total. The molecule has 0 aliphatic heterocycles. The summed E-state index contributed by atoms with van der Waals surface area (Å²) in [5, 5.41) is 0. The number of Topliss-reactive ketones (excluding diaryl/α,β-unsaturated/α-hetero) is 1. The van der Waals surface area contributed by atoms with Gasteiger partial charge in [-0.15, -0.1) is 0 Å². The molecule has 0 atom stereocenters. The van der Waals surface area contributed by atoms with Crippen molar-refractivity contribution in [3.63, 3.8) is 0 Å². The van der Waals surface area contributed by atoms with E-state index in [1.165, 1.54) is 6.42 Å². The van der Waals surface area contributed by atoms with Crippen LogP contribution >= 0.6 is 0 Å². The molecule has 0 saturated heterocycles. The maximum atomic E-state index is 11.7. The van der Waals surface area contributed by atoms with Crippen molar-refractivity contribution in [2.75, 3.05) is 6.54 Å². The van der Waals surface area contributed by atoms with Gasteiger partial charge in [-0.2, -0.15) is 0 Å². The zero-order valence-corrected chi connectivity index (χ0v) is 8.22. The number of carbonyl (C=O) groups excluding carboxylic acids is 1. The van der Waals surface area contributed by atoms with Gasteiger partial charge in [-0.05, 0) is 25.8 Å². The molecule has 0 heterocycles. The normalized spacial score (nSPS) is 21.4. The van der Waals surface area contributed by atoms with E-state index in [0.717, 1.165) is 32.1 Å². The van der Waals surface area contributed by atoms with Crippen molar-refractivity contribution in [2.24, 2.45) is 11.5 Å². The number of carbonyl (C=O) groups is 1. The topological polar surface area (TPSA) is 69.1 Å². The SMILES string of the molecule is NCCCC(=O)C1(N)CCCCC1. The van der Waals surface area contributed by atoms with Crippen molar-refractivity contribution in [3.05, 3.63) is 0 Å². The molecule has 13 heavy (non-hydrogen) atoms. The maximum Gasteiger partial charge on any atom is 0.152 e. The van der Waals surface area contributed by atoms with Crippen LogP contribution in [-0.4, -0.2) is 17.9 Å². The van der Waals surface area contributed by atoms with Gasteiger partial charge in [0.15, 0.2) is 5.78 Å². The standard InChI is InChI=1S/C10H20N2O/c11-8-4-5-9(13)10(12)6-2-1-3-7-10/h1-8,11-12H2. The Kier molecular flexibility index (Phi) is 3.88. The van der Waals surface area contributed by atoms with E-state index in [1.54, 1.807) is 0 Å². The summed E-state index contributed by atoms with van der Waals surface area (Å²) in [5.41, 5.74) is 10.9. The average Bonchev–Trinajstić information content (AvgIpc) is 2.15. The minimum atomic E-state index is -0.507. The van der Waals surface area contributed by atoms with Crippen LogP contribution in [0.25, 0.3) is 0 Å². The van der Waals surface area contributed by atoms with Gasteiger partial charge in [0.25, 0.3) is 0 Å². The molecule has 0 radical (unpaired) electrons. The largest absolute Gasteiger partial charge is 0.330 e. The summed E-state index contributed by atoms with van der Waals surface area (Å²) in [6.07, 6.45) is 6.51. The van der Waals surface area contributed by atoms with E-state index in [4.69, 9.17) is 11.5 Å². The number of rotatable bonds is 4. The van der Waals surface area contributed by atoms with Crippen LogP contribution < -0.4 is 11.5 Å². The molecule has 0 unspecified atom stereocenters. The highest BCUT2D eigenvalue weighted by molar-refractivity contribution is 5.88. The molecule has 1 aliphatic rings. The van der Waals surface area contributed by atoms with Gasteiger partial charge < -0.3 is 11.5 Å². The van der Waals surface area contributed by atoms with Crippen molar-refractivity contribution >= 4 is 5.78 Å². The summed E-state index contributed by atoms with van der Waals surface area (Å²) >= 11 is 0. The highest BCUT2D eigenvalue weighted by atomic mass is 16.1. The third kappa shape index (κ3) is 2.78. The van der Waals surface area contributed by atoms with Crippen LogP contribution in [0.4, 0.5) is 0 Å². The zero-order valence-electron chi connectivity index (χ0n) is 8.22. The number of nitrogens with two attached hydrogens (primary N) is 2. The third-order valence-electron chi connectivity index (χ3n) is 2.91. The molecule has 1 rings (SSSR count). The third-order valence-corrected chi connectivity index (χ3v) is 2.91.